The largest absolute Gasteiger partial charge is 0.344 e. The van der Waals surface area contributed by atoms with E-state index in [-0.39, 0.29) is 17.9 Å². The Morgan fingerprint density at radius 2 is 2.06 bits per heavy atom. The molecule has 4 atom stereocenters. The summed E-state index contributed by atoms with van der Waals surface area (Å²) in [5, 5.41) is 15.3. The molecular formula is C24H36N6O. The molecule has 0 bridgehead atoms. The number of nitrogens with one attached hydrogen (secondary N) is 3. The number of hydrogen-bond donors (Lipinski definition) is 3. The Balaban J connectivity index is 1.89. The summed E-state index contributed by atoms with van der Waals surface area (Å²) in [7, 11) is 1.78. The van der Waals surface area contributed by atoms with Gasteiger partial charge in [-0.3, -0.25) is 9.48 Å². The minimum Gasteiger partial charge on any atom is -0.344 e. The molecule has 4 unspecified atom stereocenters. The van der Waals surface area contributed by atoms with Crippen LogP contribution in [0.5, 0.6) is 0 Å². The first kappa shape index (κ1) is 23.0. The van der Waals surface area contributed by atoms with Crippen LogP contribution in [0.3, 0.4) is 0 Å². The van der Waals surface area contributed by atoms with Crippen LogP contribution >= 0.6 is 0 Å². The summed E-state index contributed by atoms with van der Waals surface area (Å²) in [5.41, 5.74) is 4.21. The number of aromatic nitrogens is 4. The van der Waals surface area contributed by atoms with Crippen LogP contribution in [0.1, 0.15) is 94.3 Å². The Kier molecular flexibility index (Phi) is 7.13. The van der Waals surface area contributed by atoms with E-state index in [0.29, 0.717) is 23.2 Å². The van der Waals surface area contributed by atoms with Gasteiger partial charge in [0.2, 0.25) is 0 Å². The highest BCUT2D eigenvalue weighted by molar-refractivity contribution is 5.96. The SMILES string of the molecule is CC(=N)/C(C)=C(/C)C(C)c1ncc(C(NC(=O)c2ccnn2C)C2CCCC(C)C2)[nH]1. The zero-order chi connectivity index (χ0) is 22.7. The molecule has 0 saturated heterocycles. The van der Waals surface area contributed by atoms with Gasteiger partial charge in [0.1, 0.15) is 11.5 Å². The summed E-state index contributed by atoms with van der Waals surface area (Å²) in [6.07, 6.45) is 8.13. The summed E-state index contributed by atoms with van der Waals surface area (Å²) >= 11 is 0. The molecule has 3 rings (SSSR count). The number of amides is 1. The molecule has 0 aliphatic heterocycles. The number of aromatic amines is 1. The van der Waals surface area contributed by atoms with E-state index in [1.807, 2.05) is 20.0 Å². The van der Waals surface area contributed by atoms with Gasteiger partial charge in [0.25, 0.3) is 5.91 Å². The monoisotopic (exact) mass is 424 g/mol. The van der Waals surface area contributed by atoms with Gasteiger partial charge in [-0.2, -0.15) is 5.10 Å². The lowest BCUT2D eigenvalue weighted by Gasteiger charge is -2.33. The maximum atomic E-state index is 13.0. The quantitative estimate of drug-likeness (QED) is 0.550. The molecule has 0 aromatic carbocycles. The van der Waals surface area contributed by atoms with Crippen LogP contribution in [0, 0.1) is 17.2 Å². The molecule has 1 amide bonds. The van der Waals surface area contributed by atoms with Crippen molar-refractivity contribution in [2.75, 3.05) is 0 Å². The highest BCUT2D eigenvalue weighted by Crippen LogP contribution is 2.37. The van der Waals surface area contributed by atoms with Gasteiger partial charge in [0.15, 0.2) is 0 Å². The van der Waals surface area contributed by atoms with Crippen LogP contribution in [0.25, 0.3) is 0 Å². The number of allylic oxidation sites excluding steroid dienone is 2. The number of nitrogens with zero attached hydrogens (tertiary/aromatic N) is 3. The topological polar surface area (TPSA) is 99.4 Å². The van der Waals surface area contributed by atoms with Crippen LogP contribution in [0.4, 0.5) is 0 Å². The lowest BCUT2D eigenvalue weighted by Crippen LogP contribution is -2.36. The minimum absolute atomic E-state index is 0.0766. The van der Waals surface area contributed by atoms with E-state index in [1.54, 1.807) is 24.0 Å². The average Bonchev–Trinajstić information content (AvgIpc) is 3.39. The van der Waals surface area contributed by atoms with Gasteiger partial charge < -0.3 is 15.7 Å². The third kappa shape index (κ3) is 5.14. The van der Waals surface area contributed by atoms with Gasteiger partial charge in [0.05, 0.1) is 17.9 Å². The highest BCUT2D eigenvalue weighted by atomic mass is 16.2. The van der Waals surface area contributed by atoms with Gasteiger partial charge in [0, 0.05) is 24.9 Å². The summed E-state index contributed by atoms with van der Waals surface area (Å²) in [6.45, 7) is 10.3. The number of imidazole rings is 1. The van der Waals surface area contributed by atoms with E-state index >= 15 is 0 Å². The van der Waals surface area contributed by atoms with Crippen LogP contribution in [-0.2, 0) is 7.05 Å². The fraction of sp³-hybridized carbons (Fsp3) is 0.583. The maximum absolute atomic E-state index is 13.0. The highest BCUT2D eigenvalue weighted by Gasteiger charge is 2.31. The van der Waals surface area contributed by atoms with Crippen LogP contribution in [-0.4, -0.2) is 31.4 Å². The molecule has 0 spiro atoms. The molecule has 7 nitrogen and oxygen atoms in total. The molecule has 0 radical (unpaired) electrons. The first-order chi connectivity index (χ1) is 14.7. The van der Waals surface area contributed by atoms with E-state index in [4.69, 9.17) is 5.41 Å². The van der Waals surface area contributed by atoms with Gasteiger partial charge in [-0.1, -0.05) is 32.3 Å². The molecule has 2 aromatic heterocycles. The van der Waals surface area contributed by atoms with E-state index in [0.717, 1.165) is 35.5 Å². The predicted molar refractivity (Wildman–Crippen MR) is 123 cm³/mol. The number of rotatable bonds is 7. The van der Waals surface area contributed by atoms with Crippen molar-refractivity contribution in [3.8, 4) is 0 Å². The van der Waals surface area contributed by atoms with Crippen molar-refractivity contribution in [3.63, 3.8) is 0 Å². The number of carbonyl (C=O) groups is 1. The van der Waals surface area contributed by atoms with Crippen molar-refractivity contribution >= 4 is 11.6 Å². The number of aryl methyl sites for hydroxylation is 1. The van der Waals surface area contributed by atoms with Crippen LogP contribution < -0.4 is 5.32 Å². The summed E-state index contributed by atoms with van der Waals surface area (Å²) < 4.78 is 1.60. The Bertz CT molecular complexity index is 968. The second-order valence-corrected chi connectivity index (χ2v) is 9.20. The van der Waals surface area contributed by atoms with E-state index in [2.05, 4.69) is 41.2 Å². The van der Waals surface area contributed by atoms with Crippen LogP contribution in [0.2, 0.25) is 0 Å². The molecule has 1 saturated carbocycles. The number of carbonyl (C=O) groups excluding carboxylic acids is 1. The summed E-state index contributed by atoms with van der Waals surface area (Å²) in [6, 6.07) is 1.63. The normalized spacial score (nSPS) is 21.9. The van der Waals surface area contributed by atoms with E-state index in [1.165, 1.54) is 12.8 Å². The Labute approximate surface area is 185 Å². The van der Waals surface area contributed by atoms with Gasteiger partial charge in [-0.05, 0) is 57.1 Å². The maximum Gasteiger partial charge on any atom is 0.270 e. The second-order valence-electron chi connectivity index (χ2n) is 9.20. The second kappa shape index (κ2) is 9.62. The van der Waals surface area contributed by atoms with E-state index < -0.39 is 0 Å². The van der Waals surface area contributed by atoms with Crippen molar-refractivity contribution < 1.29 is 4.79 Å². The molecule has 1 aliphatic carbocycles. The average molecular weight is 425 g/mol. The Hall–Kier alpha value is -2.70. The molecule has 2 heterocycles. The van der Waals surface area contributed by atoms with Gasteiger partial charge in [-0.25, -0.2) is 4.98 Å². The van der Waals surface area contributed by atoms with Crippen molar-refractivity contribution in [2.24, 2.45) is 18.9 Å². The van der Waals surface area contributed by atoms with Crippen molar-refractivity contribution in [3.05, 3.63) is 46.8 Å². The molecular weight excluding hydrogens is 388 g/mol. The zero-order valence-electron chi connectivity index (χ0n) is 19.6. The molecule has 168 valence electrons. The lowest BCUT2D eigenvalue weighted by molar-refractivity contribution is 0.0894. The third-order valence-electron chi connectivity index (χ3n) is 6.95. The molecule has 2 aromatic rings. The lowest BCUT2D eigenvalue weighted by atomic mass is 9.77. The van der Waals surface area contributed by atoms with Crippen molar-refractivity contribution in [1.82, 2.24) is 25.1 Å². The zero-order valence-corrected chi connectivity index (χ0v) is 19.6. The van der Waals surface area contributed by atoms with Crippen LogP contribution in [0.15, 0.2) is 29.6 Å². The van der Waals surface area contributed by atoms with Crippen molar-refractivity contribution in [1.29, 1.82) is 5.41 Å². The first-order valence-corrected chi connectivity index (χ1v) is 11.3. The van der Waals surface area contributed by atoms with E-state index in [9.17, 15) is 4.79 Å². The fourth-order valence-corrected chi connectivity index (χ4v) is 4.60. The Morgan fingerprint density at radius 1 is 1.32 bits per heavy atom. The molecule has 7 heteroatoms. The first-order valence-electron chi connectivity index (χ1n) is 11.3. The van der Waals surface area contributed by atoms with Gasteiger partial charge in [-0.15, -0.1) is 0 Å². The van der Waals surface area contributed by atoms with Crippen molar-refractivity contribution in [2.45, 2.75) is 72.3 Å². The molecule has 3 N–H and O–H groups in total. The molecule has 1 fully saturated rings. The predicted octanol–water partition coefficient (Wildman–Crippen LogP) is 4.92. The molecule has 31 heavy (non-hydrogen) atoms. The standard InChI is InChI=1S/C24H36N6O/c1-14-8-7-9-19(12-14)22(29-24(31)21-10-11-27-30(21)6)20-13-26-23(28-20)17(4)15(2)16(3)18(5)25/h10-11,13-14,17,19,22,25H,7-9,12H2,1-6H3,(H,26,28)(H,29,31)/b16-15-,25-18?. The summed E-state index contributed by atoms with van der Waals surface area (Å²) in [4.78, 5) is 21.2. The third-order valence-corrected chi connectivity index (χ3v) is 6.95. The fourth-order valence-electron chi connectivity index (χ4n) is 4.60. The smallest absolute Gasteiger partial charge is 0.270 e. The molecule has 1 aliphatic rings. The Morgan fingerprint density at radius 3 is 2.68 bits per heavy atom. The van der Waals surface area contributed by atoms with Gasteiger partial charge >= 0.3 is 0 Å². The summed E-state index contributed by atoms with van der Waals surface area (Å²) in [5.74, 6) is 1.86. The number of hydrogen-bond acceptors (Lipinski definition) is 4. The number of H-pyrrole nitrogens is 1. The minimum atomic E-state index is -0.117.